The fourth-order valence-electron chi connectivity index (χ4n) is 1.24. The average Bonchev–Trinajstić information content (AvgIpc) is 2.18. The van der Waals surface area contributed by atoms with Gasteiger partial charge in [-0.1, -0.05) is 13.8 Å². The van der Waals surface area contributed by atoms with Crippen LogP contribution in [0.1, 0.15) is 31.2 Å². The van der Waals surface area contributed by atoms with Crippen LogP contribution < -0.4 is 0 Å². The number of Topliss-reactive ketones (excluding diaryl/α,β-unsaturated/α-hetero) is 1. The Bertz CT molecular complexity index is 337. The number of aromatic nitrogens is 2. The lowest BCUT2D eigenvalue weighted by molar-refractivity contribution is -0.122. The highest BCUT2D eigenvalue weighted by Crippen LogP contribution is 2.11. The normalized spacial score (nSPS) is 10.7. The number of ketones is 1. The van der Waals surface area contributed by atoms with Crippen molar-refractivity contribution in [2.75, 3.05) is 13.7 Å². The van der Waals surface area contributed by atoms with Crippen LogP contribution in [0, 0.1) is 0 Å². The summed E-state index contributed by atoms with van der Waals surface area (Å²) < 4.78 is 4.76. The van der Waals surface area contributed by atoms with Crippen LogP contribution in [-0.4, -0.2) is 29.5 Å². The van der Waals surface area contributed by atoms with E-state index in [9.17, 15) is 4.79 Å². The minimum Gasteiger partial charge on any atom is -0.377 e. The van der Waals surface area contributed by atoms with Gasteiger partial charge in [0.25, 0.3) is 0 Å². The summed E-state index contributed by atoms with van der Waals surface area (Å²) in [5.74, 6) is 0.384. The molecule has 0 N–H and O–H groups in total. The SMILES string of the molecule is COCC(=O)Cc1cc(C(C)C)ncn1. The summed E-state index contributed by atoms with van der Waals surface area (Å²) in [4.78, 5) is 19.5. The van der Waals surface area contributed by atoms with Crippen molar-refractivity contribution in [3.8, 4) is 0 Å². The van der Waals surface area contributed by atoms with Gasteiger partial charge >= 0.3 is 0 Å². The molecule has 0 aliphatic heterocycles. The summed E-state index contributed by atoms with van der Waals surface area (Å²) in [7, 11) is 1.51. The number of hydrogen-bond acceptors (Lipinski definition) is 4. The van der Waals surface area contributed by atoms with Crippen molar-refractivity contribution < 1.29 is 9.53 Å². The molecule has 0 saturated carbocycles. The second-order valence-electron chi connectivity index (χ2n) is 3.74. The largest absolute Gasteiger partial charge is 0.377 e. The number of nitrogens with zero attached hydrogens (tertiary/aromatic N) is 2. The first-order valence-corrected chi connectivity index (χ1v) is 4.95. The molecular weight excluding hydrogens is 192 g/mol. The number of rotatable bonds is 5. The third-order valence-corrected chi connectivity index (χ3v) is 2.02. The topological polar surface area (TPSA) is 52.1 Å². The molecule has 4 nitrogen and oxygen atoms in total. The van der Waals surface area contributed by atoms with Crippen molar-refractivity contribution in [2.45, 2.75) is 26.2 Å². The van der Waals surface area contributed by atoms with E-state index < -0.39 is 0 Å². The van der Waals surface area contributed by atoms with Crippen LogP contribution in [0.3, 0.4) is 0 Å². The first-order valence-electron chi connectivity index (χ1n) is 4.95. The highest BCUT2D eigenvalue weighted by Gasteiger charge is 2.07. The Morgan fingerprint density at radius 2 is 2.20 bits per heavy atom. The molecule has 1 heterocycles. The van der Waals surface area contributed by atoms with Crippen molar-refractivity contribution in [3.63, 3.8) is 0 Å². The molecular formula is C11H16N2O2. The molecule has 82 valence electrons. The molecule has 0 saturated heterocycles. The van der Waals surface area contributed by atoms with Crippen LogP contribution in [-0.2, 0) is 16.0 Å². The molecule has 0 fully saturated rings. The monoisotopic (exact) mass is 208 g/mol. The molecule has 0 radical (unpaired) electrons. The molecule has 0 aliphatic rings. The van der Waals surface area contributed by atoms with Crippen LogP contribution in [0.2, 0.25) is 0 Å². The number of hydrogen-bond donors (Lipinski definition) is 0. The van der Waals surface area contributed by atoms with Gasteiger partial charge in [0.15, 0.2) is 5.78 Å². The van der Waals surface area contributed by atoms with Gasteiger partial charge in [-0.15, -0.1) is 0 Å². The van der Waals surface area contributed by atoms with E-state index in [4.69, 9.17) is 4.74 Å². The summed E-state index contributed by atoms with van der Waals surface area (Å²) in [6, 6.07) is 1.87. The second-order valence-corrected chi connectivity index (χ2v) is 3.74. The minimum absolute atomic E-state index is 0.0332. The van der Waals surface area contributed by atoms with Crippen molar-refractivity contribution in [1.82, 2.24) is 9.97 Å². The van der Waals surface area contributed by atoms with E-state index in [0.29, 0.717) is 12.3 Å². The lowest BCUT2D eigenvalue weighted by Crippen LogP contribution is -2.11. The lowest BCUT2D eigenvalue weighted by atomic mass is 10.1. The smallest absolute Gasteiger partial charge is 0.164 e. The predicted molar refractivity (Wildman–Crippen MR) is 56.7 cm³/mol. The molecule has 0 spiro atoms. The van der Waals surface area contributed by atoms with Gasteiger partial charge < -0.3 is 4.74 Å². The molecule has 0 aromatic carbocycles. The second kappa shape index (κ2) is 5.56. The Kier molecular flexibility index (Phi) is 4.37. The van der Waals surface area contributed by atoms with Gasteiger partial charge in [0.05, 0.1) is 12.1 Å². The van der Waals surface area contributed by atoms with Crippen LogP contribution in [0.5, 0.6) is 0 Å². The van der Waals surface area contributed by atoms with Crippen LogP contribution in [0.4, 0.5) is 0 Å². The number of carbonyl (C=O) groups is 1. The molecule has 0 aliphatic carbocycles. The van der Waals surface area contributed by atoms with Crippen LogP contribution in [0.15, 0.2) is 12.4 Å². The van der Waals surface area contributed by atoms with Crippen molar-refractivity contribution in [1.29, 1.82) is 0 Å². The summed E-state index contributed by atoms with van der Waals surface area (Å²) in [6.45, 7) is 4.26. The third kappa shape index (κ3) is 3.75. The molecule has 0 bridgehead atoms. The van der Waals surface area contributed by atoms with Gasteiger partial charge in [0.1, 0.15) is 12.9 Å². The van der Waals surface area contributed by atoms with E-state index in [0.717, 1.165) is 11.4 Å². The summed E-state index contributed by atoms with van der Waals surface area (Å²) in [5, 5.41) is 0. The summed E-state index contributed by atoms with van der Waals surface area (Å²) in [5.41, 5.74) is 1.72. The maximum absolute atomic E-state index is 11.3. The van der Waals surface area contributed by atoms with Gasteiger partial charge in [-0.05, 0) is 12.0 Å². The molecule has 0 amide bonds. The maximum atomic E-state index is 11.3. The summed E-state index contributed by atoms with van der Waals surface area (Å²) >= 11 is 0. The highest BCUT2D eigenvalue weighted by molar-refractivity contribution is 5.81. The van der Waals surface area contributed by atoms with Crippen molar-refractivity contribution >= 4 is 5.78 Å². The number of ether oxygens (including phenoxy) is 1. The lowest BCUT2D eigenvalue weighted by Gasteiger charge is -2.05. The number of carbonyl (C=O) groups excluding carboxylic acids is 1. The van der Waals surface area contributed by atoms with E-state index in [1.807, 2.05) is 6.07 Å². The number of methoxy groups -OCH3 is 1. The Morgan fingerprint density at radius 3 is 2.80 bits per heavy atom. The van der Waals surface area contributed by atoms with E-state index in [1.165, 1.54) is 13.4 Å². The Labute approximate surface area is 89.7 Å². The molecule has 0 unspecified atom stereocenters. The minimum atomic E-state index is 0.0332. The maximum Gasteiger partial charge on any atom is 0.164 e. The van der Waals surface area contributed by atoms with Crippen molar-refractivity contribution in [2.24, 2.45) is 0 Å². The van der Waals surface area contributed by atoms with Gasteiger partial charge in [-0.2, -0.15) is 0 Å². The highest BCUT2D eigenvalue weighted by atomic mass is 16.5. The zero-order valence-corrected chi connectivity index (χ0v) is 9.36. The fraction of sp³-hybridized carbons (Fsp3) is 0.545. The van der Waals surface area contributed by atoms with Gasteiger partial charge in [-0.3, -0.25) is 4.79 Å². The molecule has 15 heavy (non-hydrogen) atoms. The van der Waals surface area contributed by atoms with E-state index in [-0.39, 0.29) is 12.4 Å². The first kappa shape index (κ1) is 11.8. The zero-order chi connectivity index (χ0) is 11.3. The Balaban J connectivity index is 2.69. The molecule has 1 rings (SSSR count). The van der Waals surface area contributed by atoms with E-state index in [2.05, 4.69) is 23.8 Å². The van der Waals surface area contributed by atoms with Gasteiger partial charge in [0.2, 0.25) is 0 Å². The first-order chi connectivity index (χ1) is 7.13. The Morgan fingerprint density at radius 1 is 1.47 bits per heavy atom. The predicted octanol–water partition coefficient (Wildman–Crippen LogP) is 1.36. The Hall–Kier alpha value is -1.29. The molecule has 4 heteroatoms. The molecule has 1 aromatic rings. The van der Waals surface area contributed by atoms with Crippen LogP contribution >= 0.6 is 0 Å². The molecule has 1 aromatic heterocycles. The van der Waals surface area contributed by atoms with E-state index in [1.54, 1.807) is 0 Å². The molecule has 0 atom stereocenters. The van der Waals surface area contributed by atoms with Gasteiger partial charge in [0, 0.05) is 12.8 Å². The fourth-order valence-corrected chi connectivity index (χ4v) is 1.24. The van der Waals surface area contributed by atoms with Crippen LogP contribution in [0.25, 0.3) is 0 Å². The van der Waals surface area contributed by atoms with Crippen molar-refractivity contribution in [3.05, 3.63) is 23.8 Å². The zero-order valence-electron chi connectivity index (χ0n) is 9.36. The average molecular weight is 208 g/mol. The van der Waals surface area contributed by atoms with Gasteiger partial charge in [-0.25, -0.2) is 9.97 Å². The quantitative estimate of drug-likeness (QED) is 0.733. The standard InChI is InChI=1S/C11H16N2O2/c1-8(2)11-5-9(12-7-13-11)4-10(14)6-15-3/h5,7-8H,4,6H2,1-3H3. The summed E-state index contributed by atoms with van der Waals surface area (Å²) in [6.07, 6.45) is 1.82. The van der Waals surface area contributed by atoms with E-state index >= 15 is 0 Å². The third-order valence-electron chi connectivity index (χ3n) is 2.02.